The lowest BCUT2D eigenvalue weighted by atomic mass is 10.1. The van der Waals surface area contributed by atoms with E-state index in [0.29, 0.717) is 6.04 Å². The van der Waals surface area contributed by atoms with Gasteiger partial charge in [-0.1, -0.05) is 13.0 Å². The smallest absolute Gasteiger partial charge is 0.160 e. The Balaban J connectivity index is 2.41. The molecule has 0 saturated carbocycles. The number of rotatable bonds is 9. The lowest BCUT2D eigenvalue weighted by Crippen LogP contribution is -2.37. The molecule has 0 radical (unpaired) electrons. The number of ether oxygens (including phenoxy) is 2. The minimum atomic E-state index is 0.486. The van der Waals surface area contributed by atoms with Gasteiger partial charge >= 0.3 is 0 Å². The van der Waals surface area contributed by atoms with Crippen LogP contribution < -0.4 is 20.1 Å². The van der Waals surface area contributed by atoms with Crippen LogP contribution in [0.2, 0.25) is 0 Å². The van der Waals surface area contributed by atoms with E-state index in [1.165, 1.54) is 5.56 Å². The van der Waals surface area contributed by atoms with Crippen molar-refractivity contribution in [3.63, 3.8) is 0 Å². The Labute approximate surface area is 116 Å². The summed E-state index contributed by atoms with van der Waals surface area (Å²) in [5.74, 6) is 1.57. The van der Waals surface area contributed by atoms with Crippen LogP contribution in [0.25, 0.3) is 0 Å². The lowest BCUT2D eigenvalue weighted by molar-refractivity contribution is 0.354. The molecule has 4 nitrogen and oxygen atoms in total. The minimum Gasteiger partial charge on any atom is -0.493 e. The molecule has 0 amide bonds. The molecule has 0 aromatic heterocycles. The fraction of sp³-hybridized carbons (Fsp3) is 0.600. The van der Waals surface area contributed by atoms with Crippen LogP contribution in [0.1, 0.15) is 19.4 Å². The van der Waals surface area contributed by atoms with Gasteiger partial charge in [0.15, 0.2) is 11.5 Å². The van der Waals surface area contributed by atoms with Gasteiger partial charge in [-0.15, -0.1) is 0 Å². The number of hydrogen-bond donors (Lipinski definition) is 2. The first-order chi connectivity index (χ1) is 9.21. The van der Waals surface area contributed by atoms with E-state index in [1.54, 1.807) is 14.2 Å². The van der Waals surface area contributed by atoms with Crippen LogP contribution in [0.3, 0.4) is 0 Å². The molecular formula is C15H26N2O2. The van der Waals surface area contributed by atoms with Crippen LogP contribution in [0.15, 0.2) is 18.2 Å². The first-order valence-electron chi connectivity index (χ1n) is 6.86. The van der Waals surface area contributed by atoms with E-state index in [1.807, 2.05) is 12.1 Å². The first-order valence-corrected chi connectivity index (χ1v) is 6.86. The Morgan fingerprint density at radius 3 is 2.53 bits per heavy atom. The highest BCUT2D eigenvalue weighted by Gasteiger charge is 2.05. The van der Waals surface area contributed by atoms with Crippen molar-refractivity contribution in [3.8, 4) is 11.5 Å². The molecule has 0 fully saturated rings. The summed E-state index contributed by atoms with van der Waals surface area (Å²) in [7, 11) is 3.32. The van der Waals surface area contributed by atoms with Crippen LogP contribution in [0.5, 0.6) is 11.5 Å². The van der Waals surface area contributed by atoms with Gasteiger partial charge in [0.25, 0.3) is 0 Å². The van der Waals surface area contributed by atoms with Crippen LogP contribution in [0.4, 0.5) is 0 Å². The molecular weight excluding hydrogens is 240 g/mol. The van der Waals surface area contributed by atoms with Crippen LogP contribution in [0, 0.1) is 0 Å². The van der Waals surface area contributed by atoms with E-state index in [9.17, 15) is 0 Å². The Morgan fingerprint density at radius 2 is 1.89 bits per heavy atom. The molecule has 1 aromatic carbocycles. The molecule has 1 unspecified atom stereocenters. The van der Waals surface area contributed by atoms with Gasteiger partial charge in [-0.05, 0) is 44.1 Å². The molecule has 0 aliphatic carbocycles. The quantitative estimate of drug-likeness (QED) is 0.715. The zero-order valence-corrected chi connectivity index (χ0v) is 12.5. The predicted molar refractivity (Wildman–Crippen MR) is 79.3 cm³/mol. The van der Waals surface area contributed by atoms with Crippen LogP contribution in [-0.2, 0) is 6.42 Å². The number of benzene rings is 1. The summed E-state index contributed by atoms with van der Waals surface area (Å²) < 4.78 is 10.5. The normalized spacial score (nSPS) is 12.2. The molecule has 0 saturated heterocycles. The molecule has 0 aliphatic heterocycles. The van der Waals surface area contributed by atoms with E-state index in [-0.39, 0.29) is 0 Å². The summed E-state index contributed by atoms with van der Waals surface area (Å²) in [5, 5.41) is 6.83. The van der Waals surface area contributed by atoms with Crippen molar-refractivity contribution in [2.24, 2.45) is 0 Å². The molecule has 0 heterocycles. The van der Waals surface area contributed by atoms with Gasteiger partial charge in [-0.3, -0.25) is 0 Å². The number of methoxy groups -OCH3 is 2. The highest BCUT2D eigenvalue weighted by molar-refractivity contribution is 5.42. The summed E-state index contributed by atoms with van der Waals surface area (Å²) in [5.41, 5.74) is 1.25. The molecule has 1 aromatic rings. The van der Waals surface area contributed by atoms with E-state index in [2.05, 4.69) is 30.5 Å². The van der Waals surface area contributed by atoms with Gasteiger partial charge in [-0.25, -0.2) is 0 Å². The van der Waals surface area contributed by atoms with Crippen molar-refractivity contribution in [2.45, 2.75) is 26.3 Å². The average Bonchev–Trinajstić information content (AvgIpc) is 2.44. The first kappa shape index (κ1) is 15.8. The summed E-state index contributed by atoms with van der Waals surface area (Å²) >= 11 is 0. The molecule has 1 rings (SSSR count). The number of hydrogen-bond acceptors (Lipinski definition) is 4. The standard InChI is InChI=1S/C15H26N2O2/c1-5-16-11-12(2)17-9-8-13-6-7-14(18-3)15(10-13)19-4/h6-7,10,12,16-17H,5,8-9,11H2,1-4H3. The average molecular weight is 266 g/mol. The zero-order chi connectivity index (χ0) is 14.1. The van der Waals surface area contributed by atoms with E-state index < -0.39 is 0 Å². The lowest BCUT2D eigenvalue weighted by Gasteiger charge is -2.14. The summed E-state index contributed by atoms with van der Waals surface area (Å²) in [6.45, 7) is 7.29. The molecule has 2 N–H and O–H groups in total. The molecule has 0 spiro atoms. The van der Waals surface area contributed by atoms with Crippen molar-refractivity contribution in [1.29, 1.82) is 0 Å². The summed E-state index contributed by atoms with van der Waals surface area (Å²) in [6, 6.07) is 6.56. The fourth-order valence-electron chi connectivity index (χ4n) is 1.93. The minimum absolute atomic E-state index is 0.486. The topological polar surface area (TPSA) is 42.5 Å². The van der Waals surface area contributed by atoms with Crippen molar-refractivity contribution >= 4 is 0 Å². The molecule has 1 atom stereocenters. The van der Waals surface area contributed by atoms with E-state index in [0.717, 1.165) is 37.6 Å². The largest absolute Gasteiger partial charge is 0.493 e. The van der Waals surface area contributed by atoms with Gasteiger partial charge in [0.05, 0.1) is 14.2 Å². The van der Waals surface area contributed by atoms with E-state index in [4.69, 9.17) is 9.47 Å². The summed E-state index contributed by atoms with van der Waals surface area (Å²) in [6.07, 6.45) is 0.983. The van der Waals surface area contributed by atoms with Crippen LogP contribution in [-0.4, -0.2) is 39.9 Å². The van der Waals surface area contributed by atoms with Gasteiger partial charge in [0.2, 0.25) is 0 Å². The highest BCUT2D eigenvalue weighted by atomic mass is 16.5. The Bertz CT molecular complexity index is 369. The number of nitrogens with one attached hydrogen (secondary N) is 2. The maximum Gasteiger partial charge on any atom is 0.160 e. The monoisotopic (exact) mass is 266 g/mol. The van der Waals surface area contributed by atoms with Crippen molar-refractivity contribution < 1.29 is 9.47 Å². The third kappa shape index (κ3) is 5.49. The summed E-state index contributed by atoms with van der Waals surface area (Å²) in [4.78, 5) is 0. The third-order valence-electron chi connectivity index (χ3n) is 3.05. The van der Waals surface area contributed by atoms with Crippen molar-refractivity contribution in [2.75, 3.05) is 33.9 Å². The van der Waals surface area contributed by atoms with Crippen molar-refractivity contribution in [3.05, 3.63) is 23.8 Å². The second-order valence-corrected chi connectivity index (χ2v) is 4.60. The van der Waals surface area contributed by atoms with E-state index >= 15 is 0 Å². The van der Waals surface area contributed by atoms with Gasteiger partial charge in [-0.2, -0.15) is 0 Å². The zero-order valence-electron chi connectivity index (χ0n) is 12.5. The second-order valence-electron chi connectivity index (χ2n) is 4.60. The Hall–Kier alpha value is -1.26. The molecule has 19 heavy (non-hydrogen) atoms. The van der Waals surface area contributed by atoms with Gasteiger partial charge in [0.1, 0.15) is 0 Å². The van der Waals surface area contributed by atoms with Gasteiger partial charge in [0, 0.05) is 12.6 Å². The van der Waals surface area contributed by atoms with Crippen LogP contribution >= 0.6 is 0 Å². The van der Waals surface area contributed by atoms with Gasteiger partial charge < -0.3 is 20.1 Å². The third-order valence-corrected chi connectivity index (χ3v) is 3.05. The predicted octanol–water partition coefficient (Wildman–Crippen LogP) is 1.83. The SMILES string of the molecule is CCNCC(C)NCCc1ccc(OC)c(OC)c1. The molecule has 108 valence electrons. The highest BCUT2D eigenvalue weighted by Crippen LogP contribution is 2.27. The maximum atomic E-state index is 5.30. The van der Waals surface area contributed by atoms with Crippen molar-refractivity contribution in [1.82, 2.24) is 10.6 Å². The second kappa shape index (κ2) is 8.77. The molecule has 0 bridgehead atoms. The molecule has 0 aliphatic rings. The maximum absolute atomic E-state index is 5.30. The number of likely N-dealkylation sites (N-methyl/N-ethyl adjacent to an activating group) is 1. The Morgan fingerprint density at radius 1 is 1.16 bits per heavy atom. The fourth-order valence-corrected chi connectivity index (χ4v) is 1.93. The Kier molecular flexibility index (Phi) is 7.30. The molecule has 4 heteroatoms.